The van der Waals surface area contributed by atoms with E-state index in [0.717, 1.165) is 16.2 Å². The Morgan fingerprint density at radius 1 is 1.41 bits per heavy atom. The summed E-state index contributed by atoms with van der Waals surface area (Å²) in [5.74, 6) is -2.16. The number of β-lactam (4-membered cyclic amide) rings is 1. The highest BCUT2D eigenvalue weighted by atomic mass is 32.2. The third-order valence-electron chi connectivity index (χ3n) is 4.31. The quantitative estimate of drug-likeness (QED) is 0.121. The molecular formula is C17H17N5O8S2. The number of amides is 3. The molecule has 2 aliphatic heterocycles. The van der Waals surface area contributed by atoms with Crippen LogP contribution >= 0.6 is 23.1 Å². The molecule has 2 atom stereocenters. The Bertz CT molecular complexity index is 1010. The zero-order valence-corrected chi connectivity index (χ0v) is 18.1. The highest BCUT2D eigenvalue weighted by Crippen LogP contribution is 2.40. The number of aliphatic carboxylic acids is 1. The van der Waals surface area contributed by atoms with Crippen molar-refractivity contribution in [3.8, 4) is 0 Å². The first-order valence-corrected chi connectivity index (χ1v) is 10.9. The molecule has 1 aromatic rings. The number of hydrogen-bond acceptors (Lipinski definition) is 11. The van der Waals surface area contributed by atoms with E-state index in [2.05, 4.69) is 25.5 Å². The number of fused-ring (bicyclic) bond motifs is 1. The molecule has 15 heteroatoms. The first-order valence-electron chi connectivity index (χ1n) is 8.99. The Kier molecular flexibility index (Phi) is 7.42. The van der Waals surface area contributed by atoms with Gasteiger partial charge in [-0.2, -0.15) is 0 Å². The number of anilines is 1. The van der Waals surface area contributed by atoms with Crippen LogP contribution in [0.1, 0.15) is 12.6 Å². The minimum absolute atomic E-state index is 0.0787. The molecule has 32 heavy (non-hydrogen) atoms. The Morgan fingerprint density at radius 2 is 2.19 bits per heavy atom. The average molecular weight is 483 g/mol. The van der Waals surface area contributed by atoms with Crippen LogP contribution in [0.4, 0.5) is 5.13 Å². The van der Waals surface area contributed by atoms with E-state index in [1.54, 1.807) is 6.92 Å². The van der Waals surface area contributed by atoms with Gasteiger partial charge in [0.1, 0.15) is 29.4 Å². The van der Waals surface area contributed by atoms with Crippen LogP contribution in [0.25, 0.3) is 0 Å². The van der Waals surface area contributed by atoms with Crippen molar-refractivity contribution in [1.82, 2.24) is 15.2 Å². The lowest BCUT2D eigenvalue weighted by atomic mass is 10.0. The molecule has 3 heterocycles. The third-order valence-corrected chi connectivity index (χ3v) is 6.51. The highest BCUT2D eigenvalue weighted by molar-refractivity contribution is 8.00. The van der Waals surface area contributed by atoms with E-state index in [0.29, 0.717) is 17.7 Å². The molecule has 0 spiro atoms. The molecule has 3 N–H and O–H groups in total. The number of ether oxygens (including phenoxy) is 1. The fraction of sp³-hybridized carbons (Fsp3) is 0.353. The maximum atomic E-state index is 12.9. The summed E-state index contributed by atoms with van der Waals surface area (Å²) in [4.78, 5) is 68.0. The molecule has 0 bridgehead atoms. The average Bonchev–Trinajstić information content (AvgIpc) is 3.22. The van der Waals surface area contributed by atoms with Gasteiger partial charge in [0.2, 0.25) is 6.41 Å². The number of rotatable bonds is 11. The number of nitrogens with zero attached hydrogens (tertiary/aromatic N) is 3. The fourth-order valence-corrected chi connectivity index (χ4v) is 4.88. The number of oxime groups is 1. The van der Waals surface area contributed by atoms with Crippen molar-refractivity contribution in [3.05, 3.63) is 22.3 Å². The van der Waals surface area contributed by atoms with Crippen LogP contribution in [0.2, 0.25) is 0 Å². The van der Waals surface area contributed by atoms with E-state index in [4.69, 9.17) is 4.84 Å². The van der Waals surface area contributed by atoms with Crippen LogP contribution in [-0.4, -0.2) is 81.8 Å². The molecule has 0 saturated carbocycles. The van der Waals surface area contributed by atoms with Gasteiger partial charge in [0.05, 0.1) is 0 Å². The normalized spacial score (nSPS) is 20.1. The molecule has 0 aromatic carbocycles. The second kappa shape index (κ2) is 10.2. The molecule has 2 aliphatic rings. The van der Waals surface area contributed by atoms with Gasteiger partial charge in [-0.3, -0.25) is 24.1 Å². The Hall–Kier alpha value is -3.46. The van der Waals surface area contributed by atoms with Crippen molar-refractivity contribution < 1.29 is 38.7 Å². The Balaban J connectivity index is 1.76. The predicted molar refractivity (Wildman–Crippen MR) is 112 cm³/mol. The molecule has 1 fully saturated rings. The summed E-state index contributed by atoms with van der Waals surface area (Å²) >= 11 is 2.36. The second-order valence-corrected chi connectivity index (χ2v) is 8.30. The van der Waals surface area contributed by atoms with Gasteiger partial charge in [-0.05, 0) is 12.5 Å². The summed E-state index contributed by atoms with van der Waals surface area (Å²) < 4.78 is 4.48. The number of nitrogens with one attached hydrogen (secondary N) is 2. The fourth-order valence-electron chi connectivity index (χ4n) is 2.93. The van der Waals surface area contributed by atoms with Gasteiger partial charge in [0.15, 0.2) is 17.5 Å². The molecule has 1 unspecified atom stereocenters. The molecule has 13 nitrogen and oxygen atoms in total. The van der Waals surface area contributed by atoms with Crippen LogP contribution in [0.15, 0.2) is 21.8 Å². The molecular weight excluding hydrogens is 466 g/mol. The van der Waals surface area contributed by atoms with Crippen molar-refractivity contribution >= 4 is 64.6 Å². The maximum Gasteiger partial charge on any atom is 0.352 e. The van der Waals surface area contributed by atoms with Gasteiger partial charge in [0.25, 0.3) is 18.3 Å². The summed E-state index contributed by atoms with van der Waals surface area (Å²) in [6.07, 6.45) is 0.421. The lowest BCUT2D eigenvalue weighted by molar-refractivity contribution is -0.150. The second-order valence-electron chi connectivity index (χ2n) is 6.34. The largest absolute Gasteiger partial charge is 0.477 e. The molecule has 3 rings (SSSR count). The number of carbonyl (C=O) groups excluding carboxylic acids is 4. The van der Waals surface area contributed by atoms with Crippen molar-refractivity contribution in [2.75, 3.05) is 24.3 Å². The Morgan fingerprint density at radius 3 is 2.88 bits per heavy atom. The summed E-state index contributed by atoms with van der Waals surface area (Å²) in [6.45, 7) is 1.63. The van der Waals surface area contributed by atoms with E-state index in [-0.39, 0.29) is 41.9 Å². The number of carboxylic acid groups (broad SMARTS) is 1. The molecule has 170 valence electrons. The number of carbonyl (C=O) groups is 5. The summed E-state index contributed by atoms with van der Waals surface area (Å²) in [7, 11) is 0. The molecule has 0 aliphatic carbocycles. The van der Waals surface area contributed by atoms with Crippen molar-refractivity contribution in [2.45, 2.75) is 18.3 Å². The summed E-state index contributed by atoms with van der Waals surface area (Å²) in [6, 6.07) is -0.968. The minimum Gasteiger partial charge on any atom is -0.477 e. The van der Waals surface area contributed by atoms with Crippen molar-refractivity contribution in [3.63, 3.8) is 0 Å². The monoisotopic (exact) mass is 483 g/mol. The number of thioether (sulfide) groups is 1. The van der Waals surface area contributed by atoms with Crippen LogP contribution < -0.4 is 10.6 Å². The first kappa shape index (κ1) is 23.2. The summed E-state index contributed by atoms with van der Waals surface area (Å²) in [5, 5.41) is 19.1. The number of thiazole rings is 1. The number of aromatic nitrogens is 1. The number of hydrogen-bond donors (Lipinski definition) is 3. The Labute approximate surface area is 188 Å². The minimum atomic E-state index is -1.21. The van der Waals surface area contributed by atoms with Gasteiger partial charge < -0.3 is 25.3 Å². The summed E-state index contributed by atoms with van der Waals surface area (Å²) in [5.41, 5.74) is 0.280. The lowest BCUT2D eigenvalue weighted by Crippen LogP contribution is -2.71. The van der Waals surface area contributed by atoms with Crippen LogP contribution in [0, 0.1) is 0 Å². The number of carboxylic acids is 1. The van der Waals surface area contributed by atoms with Gasteiger partial charge in [-0.25, -0.2) is 9.78 Å². The van der Waals surface area contributed by atoms with Crippen molar-refractivity contribution in [1.29, 1.82) is 0 Å². The highest BCUT2D eigenvalue weighted by Gasteiger charge is 2.54. The first-order chi connectivity index (χ1) is 15.4. The third kappa shape index (κ3) is 4.72. The lowest BCUT2D eigenvalue weighted by Gasteiger charge is -2.49. The molecule has 1 aromatic heterocycles. The van der Waals surface area contributed by atoms with E-state index in [1.165, 1.54) is 17.1 Å². The van der Waals surface area contributed by atoms with Crippen molar-refractivity contribution in [2.24, 2.45) is 5.16 Å². The van der Waals surface area contributed by atoms with E-state index in [9.17, 15) is 29.1 Å². The topological polar surface area (TPSA) is 177 Å². The van der Waals surface area contributed by atoms with Gasteiger partial charge in [0, 0.05) is 11.1 Å². The van der Waals surface area contributed by atoms with E-state index in [1.807, 2.05) is 0 Å². The van der Waals surface area contributed by atoms with E-state index >= 15 is 0 Å². The SMILES string of the molecule is CC1=C(C(=O)O)N2C(=O)C(NC(=O)/C(=N/OCCOC=O)c3csc(NC=O)n3)[C@H]2SC1. The van der Waals surface area contributed by atoms with Gasteiger partial charge in [-0.1, -0.05) is 5.16 Å². The van der Waals surface area contributed by atoms with Crippen LogP contribution in [-0.2, 0) is 33.5 Å². The zero-order chi connectivity index (χ0) is 23.3. The van der Waals surface area contributed by atoms with Gasteiger partial charge in [-0.15, -0.1) is 23.1 Å². The van der Waals surface area contributed by atoms with E-state index < -0.39 is 29.2 Å². The van der Waals surface area contributed by atoms with Crippen LogP contribution in [0.3, 0.4) is 0 Å². The standard InChI is InChI=1S/C17H17N5O8S2/c1-8-4-31-15-11(14(26)22(15)12(8)16(27)28)20-13(25)10(21-30-3-2-29-7-24)9-5-32-17(19-9)18-6-23/h5-7,11,15H,2-4H2,1H3,(H,20,25)(H,27,28)(H,18,19,23)/b21-10+/t11?,15-/m1/s1. The molecule has 0 radical (unpaired) electrons. The molecule has 3 amide bonds. The smallest absolute Gasteiger partial charge is 0.352 e. The maximum absolute atomic E-state index is 12.9. The van der Waals surface area contributed by atoms with Gasteiger partial charge >= 0.3 is 5.97 Å². The zero-order valence-electron chi connectivity index (χ0n) is 16.5. The van der Waals surface area contributed by atoms with Crippen LogP contribution in [0.5, 0.6) is 0 Å². The predicted octanol–water partition coefficient (Wildman–Crippen LogP) is -0.636. The molecule has 1 saturated heterocycles.